The molecule has 0 aromatic heterocycles. The van der Waals surface area contributed by atoms with Crippen molar-refractivity contribution in [3.05, 3.63) is 35.9 Å². The third-order valence-electron chi connectivity index (χ3n) is 4.20. The molecule has 108 valence electrons. The molecule has 2 rings (SSSR count). The number of likely N-dealkylation sites (tertiary alicyclic amines) is 1. The molecule has 3 nitrogen and oxygen atoms in total. The van der Waals surface area contributed by atoms with E-state index in [4.69, 9.17) is 0 Å². The van der Waals surface area contributed by atoms with Gasteiger partial charge >= 0.3 is 0 Å². The zero-order chi connectivity index (χ0) is 14.3. The van der Waals surface area contributed by atoms with Gasteiger partial charge in [-0.15, -0.1) is 0 Å². The summed E-state index contributed by atoms with van der Waals surface area (Å²) in [6.45, 7) is 6.23. The Kier molecular flexibility index (Phi) is 5.58. The molecule has 3 heteroatoms. The molecule has 0 unspecified atom stereocenters. The van der Waals surface area contributed by atoms with E-state index in [0.717, 1.165) is 51.9 Å². The Hall–Kier alpha value is -1.37. The summed E-state index contributed by atoms with van der Waals surface area (Å²) in [4.78, 5) is 2.48. The van der Waals surface area contributed by atoms with Gasteiger partial charge in [-0.1, -0.05) is 37.3 Å². The first kappa shape index (κ1) is 15.0. The lowest BCUT2D eigenvalue weighted by atomic mass is 9.88. The molecule has 0 aliphatic carbocycles. The van der Waals surface area contributed by atoms with Crippen molar-refractivity contribution in [1.82, 2.24) is 10.2 Å². The summed E-state index contributed by atoms with van der Waals surface area (Å²) in [5.74, 6) is 0. The summed E-state index contributed by atoms with van der Waals surface area (Å²) in [5.41, 5.74) is 1.12. The summed E-state index contributed by atoms with van der Waals surface area (Å²) in [5, 5.41) is 12.9. The first-order valence-corrected chi connectivity index (χ1v) is 7.70. The molecule has 0 saturated carbocycles. The second-order valence-electron chi connectivity index (χ2n) is 5.70. The molecule has 0 spiro atoms. The summed E-state index contributed by atoms with van der Waals surface area (Å²) < 4.78 is 0. The van der Waals surface area contributed by atoms with Crippen molar-refractivity contribution < 1.29 is 0 Å². The minimum Gasteiger partial charge on any atom is -0.303 e. The molecule has 0 amide bonds. The second kappa shape index (κ2) is 7.42. The van der Waals surface area contributed by atoms with Gasteiger partial charge in [-0.2, -0.15) is 5.26 Å². The molecular weight excluding hydrogens is 246 g/mol. The van der Waals surface area contributed by atoms with E-state index in [-0.39, 0.29) is 5.54 Å². The molecule has 1 aliphatic rings. The molecule has 1 N–H and O–H groups in total. The van der Waals surface area contributed by atoms with E-state index >= 15 is 0 Å². The smallest absolute Gasteiger partial charge is 0.109 e. The number of hydrogen-bond donors (Lipinski definition) is 1. The molecule has 0 radical (unpaired) electrons. The van der Waals surface area contributed by atoms with Crippen molar-refractivity contribution in [2.24, 2.45) is 0 Å². The van der Waals surface area contributed by atoms with Crippen LogP contribution in [0, 0.1) is 11.3 Å². The van der Waals surface area contributed by atoms with E-state index in [9.17, 15) is 5.26 Å². The fraction of sp³-hybridized carbons (Fsp3) is 0.588. The van der Waals surface area contributed by atoms with Crippen LogP contribution >= 0.6 is 0 Å². The van der Waals surface area contributed by atoms with Crippen LogP contribution < -0.4 is 5.32 Å². The number of rotatable bonds is 6. The molecule has 0 atom stereocenters. The Morgan fingerprint density at radius 1 is 1.25 bits per heavy atom. The largest absolute Gasteiger partial charge is 0.303 e. The number of benzene rings is 1. The van der Waals surface area contributed by atoms with E-state index < -0.39 is 0 Å². The highest BCUT2D eigenvalue weighted by Gasteiger charge is 2.33. The number of piperidine rings is 1. The van der Waals surface area contributed by atoms with Crippen LogP contribution in [0.15, 0.2) is 30.3 Å². The lowest BCUT2D eigenvalue weighted by Gasteiger charge is -2.38. The average Bonchev–Trinajstić information content (AvgIpc) is 2.53. The molecule has 1 heterocycles. The van der Waals surface area contributed by atoms with Crippen LogP contribution in [-0.4, -0.2) is 36.6 Å². The predicted octanol–water partition coefficient (Wildman–Crippen LogP) is 2.59. The summed E-state index contributed by atoms with van der Waals surface area (Å²) in [7, 11) is 0. The fourth-order valence-corrected chi connectivity index (χ4v) is 2.78. The quantitative estimate of drug-likeness (QED) is 0.864. The van der Waals surface area contributed by atoms with Crippen molar-refractivity contribution in [3.8, 4) is 6.07 Å². The van der Waals surface area contributed by atoms with Crippen molar-refractivity contribution in [2.75, 3.05) is 26.2 Å². The van der Waals surface area contributed by atoms with Gasteiger partial charge in [-0.05, 0) is 37.8 Å². The molecule has 1 aromatic carbocycles. The highest BCUT2D eigenvalue weighted by Crippen LogP contribution is 2.21. The fourth-order valence-electron chi connectivity index (χ4n) is 2.78. The summed E-state index contributed by atoms with van der Waals surface area (Å²) in [6, 6.07) is 13.1. The Morgan fingerprint density at radius 3 is 2.55 bits per heavy atom. The van der Waals surface area contributed by atoms with Crippen molar-refractivity contribution >= 4 is 0 Å². The first-order chi connectivity index (χ1) is 9.78. The van der Waals surface area contributed by atoms with Gasteiger partial charge in [-0.25, -0.2) is 0 Å². The standard InChI is InChI=1S/C17H25N3/c1-2-11-19-17(15-18)9-13-20(14-10-17)12-8-16-6-4-3-5-7-16/h3-7,19H,2,8-14H2,1H3. The van der Waals surface area contributed by atoms with Gasteiger partial charge in [0, 0.05) is 19.6 Å². The van der Waals surface area contributed by atoms with Crippen LogP contribution in [0.4, 0.5) is 0 Å². The van der Waals surface area contributed by atoms with E-state index in [1.54, 1.807) is 0 Å². The van der Waals surface area contributed by atoms with Crippen LogP contribution in [0.5, 0.6) is 0 Å². The third-order valence-corrected chi connectivity index (χ3v) is 4.20. The van der Waals surface area contributed by atoms with E-state index in [0.29, 0.717) is 0 Å². The molecule has 1 saturated heterocycles. The Labute approximate surface area is 122 Å². The maximum Gasteiger partial charge on any atom is 0.109 e. The lowest BCUT2D eigenvalue weighted by Crippen LogP contribution is -2.52. The third kappa shape index (κ3) is 4.06. The van der Waals surface area contributed by atoms with Crippen LogP contribution in [0.3, 0.4) is 0 Å². The maximum atomic E-state index is 9.43. The van der Waals surface area contributed by atoms with Gasteiger partial charge in [0.05, 0.1) is 6.07 Å². The number of hydrogen-bond acceptors (Lipinski definition) is 3. The molecule has 0 bridgehead atoms. The lowest BCUT2D eigenvalue weighted by molar-refractivity contribution is 0.168. The number of nitriles is 1. The molecule has 20 heavy (non-hydrogen) atoms. The second-order valence-corrected chi connectivity index (χ2v) is 5.70. The van der Waals surface area contributed by atoms with Gasteiger partial charge in [0.25, 0.3) is 0 Å². The zero-order valence-electron chi connectivity index (χ0n) is 12.4. The Balaban J connectivity index is 1.78. The number of nitrogens with one attached hydrogen (secondary N) is 1. The molecular formula is C17H25N3. The highest BCUT2D eigenvalue weighted by atomic mass is 15.1. The zero-order valence-corrected chi connectivity index (χ0v) is 12.4. The highest BCUT2D eigenvalue weighted by molar-refractivity contribution is 5.15. The average molecular weight is 271 g/mol. The number of nitrogens with zero attached hydrogens (tertiary/aromatic N) is 2. The Morgan fingerprint density at radius 2 is 1.95 bits per heavy atom. The molecule has 1 aliphatic heterocycles. The Bertz CT molecular complexity index is 427. The first-order valence-electron chi connectivity index (χ1n) is 7.70. The normalized spacial score (nSPS) is 18.6. The van der Waals surface area contributed by atoms with E-state index in [2.05, 4.69) is 53.5 Å². The topological polar surface area (TPSA) is 39.1 Å². The van der Waals surface area contributed by atoms with Gasteiger partial charge in [-0.3, -0.25) is 5.32 Å². The summed E-state index contributed by atoms with van der Waals surface area (Å²) in [6.07, 6.45) is 4.07. The SMILES string of the molecule is CCCNC1(C#N)CCN(CCc2ccccc2)CC1. The van der Waals surface area contributed by atoms with Crippen LogP contribution in [0.2, 0.25) is 0 Å². The molecule has 1 fully saturated rings. The minimum atomic E-state index is -0.279. The minimum absolute atomic E-state index is 0.279. The van der Waals surface area contributed by atoms with Crippen LogP contribution in [0.1, 0.15) is 31.7 Å². The monoisotopic (exact) mass is 271 g/mol. The van der Waals surface area contributed by atoms with Gasteiger partial charge in [0.2, 0.25) is 0 Å². The predicted molar refractivity (Wildman–Crippen MR) is 82.5 cm³/mol. The van der Waals surface area contributed by atoms with Crippen molar-refractivity contribution in [3.63, 3.8) is 0 Å². The van der Waals surface area contributed by atoms with Crippen molar-refractivity contribution in [1.29, 1.82) is 5.26 Å². The molecule has 1 aromatic rings. The van der Waals surface area contributed by atoms with Crippen LogP contribution in [-0.2, 0) is 6.42 Å². The summed E-state index contributed by atoms with van der Waals surface area (Å²) >= 11 is 0. The maximum absolute atomic E-state index is 9.43. The van der Waals surface area contributed by atoms with Gasteiger partial charge in [0.15, 0.2) is 0 Å². The van der Waals surface area contributed by atoms with Crippen LogP contribution in [0.25, 0.3) is 0 Å². The van der Waals surface area contributed by atoms with Gasteiger partial charge in [0.1, 0.15) is 5.54 Å². The van der Waals surface area contributed by atoms with Crippen molar-refractivity contribution in [2.45, 2.75) is 38.1 Å². The van der Waals surface area contributed by atoms with E-state index in [1.807, 2.05) is 0 Å². The van der Waals surface area contributed by atoms with Gasteiger partial charge < -0.3 is 4.90 Å². The van der Waals surface area contributed by atoms with E-state index in [1.165, 1.54) is 5.56 Å².